The van der Waals surface area contributed by atoms with Crippen molar-refractivity contribution in [3.05, 3.63) is 120 Å². The highest BCUT2D eigenvalue weighted by atomic mass is 32.2. The van der Waals surface area contributed by atoms with E-state index >= 15 is 0 Å². The second-order valence-corrected chi connectivity index (χ2v) is 12.2. The van der Waals surface area contributed by atoms with Crippen LogP contribution in [0.15, 0.2) is 87.0 Å². The number of aromatic nitrogens is 1. The fourth-order valence-corrected chi connectivity index (χ4v) is 6.58. The zero-order valence-corrected chi connectivity index (χ0v) is 26.3. The van der Waals surface area contributed by atoms with E-state index < -0.39 is 12.0 Å². The molecule has 8 heteroatoms. The number of aryl methyl sites for hydroxylation is 1. The van der Waals surface area contributed by atoms with Crippen molar-refractivity contribution in [1.29, 1.82) is 0 Å². The Bertz CT molecular complexity index is 1840. The van der Waals surface area contributed by atoms with Crippen LogP contribution in [-0.4, -0.2) is 30.5 Å². The average Bonchev–Trinajstić information content (AvgIpc) is 3.31. The number of hydrogen-bond acceptors (Lipinski definition) is 7. The molecule has 1 aliphatic heterocycles. The van der Waals surface area contributed by atoms with Crippen LogP contribution in [0.3, 0.4) is 0 Å². The number of thioether (sulfide) groups is 1. The third kappa shape index (κ3) is 5.61. The third-order valence-corrected chi connectivity index (χ3v) is 9.06. The molecule has 216 valence electrons. The molecular weight excluding hydrogens is 565 g/mol. The first-order chi connectivity index (χ1) is 20.3. The first-order valence-electron chi connectivity index (χ1n) is 13.9. The van der Waals surface area contributed by atoms with Gasteiger partial charge in [-0.15, -0.1) is 11.8 Å². The van der Waals surface area contributed by atoms with Crippen molar-refractivity contribution in [3.63, 3.8) is 0 Å². The first-order valence-corrected chi connectivity index (χ1v) is 15.9. The molecule has 2 heterocycles. The van der Waals surface area contributed by atoms with Gasteiger partial charge in [0.05, 0.1) is 35.6 Å². The van der Waals surface area contributed by atoms with E-state index in [2.05, 4.69) is 19.9 Å². The summed E-state index contributed by atoms with van der Waals surface area (Å²) in [5, 5.41) is 0. The van der Waals surface area contributed by atoms with E-state index in [1.165, 1.54) is 11.3 Å². The van der Waals surface area contributed by atoms with Crippen molar-refractivity contribution in [2.75, 3.05) is 20.0 Å². The van der Waals surface area contributed by atoms with Crippen LogP contribution in [0, 0.1) is 6.92 Å². The summed E-state index contributed by atoms with van der Waals surface area (Å²) >= 11 is 2.96. The van der Waals surface area contributed by atoms with Crippen molar-refractivity contribution in [1.82, 2.24) is 4.57 Å². The second-order valence-electron chi connectivity index (χ2n) is 10.3. The molecule has 0 fully saturated rings. The van der Waals surface area contributed by atoms with E-state index in [0.29, 0.717) is 20.6 Å². The van der Waals surface area contributed by atoms with Crippen molar-refractivity contribution in [2.24, 2.45) is 4.99 Å². The predicted octanol–water partition coefficient (Wildman–Crippen LogP) is 6.10. The van der Waals surface area contributed by atoms with Crippen molar-refractivity contribution in [2.45, 2.75) is 44.6 Å². The quantitative estimate of drug-likeness (QED) is 0.181. The lowest BCUT2D eigenvalue weighted by Crippen LogP contribution is -2.40. The summed E-state index contributed by atoms with van der Waals surface area (Å²) in [5.74, 6) is 0.598. The maximum Gasteiger partial charge on any atom is 0.338 e. The summed E-state index contributed by atoms with van der Waals surface area (Å²) < 4.78 is 13.4. The molecule has 3 aromatic carbocycles. The summed E-state index contributed by atoms with van der Waals surface area (Å²) in [6.45, 7) is 8.24. The molecule has 0 bridgehead atoms. The van der Waals surface area contributed by atoms with E-state index in [1.54, 1.807) is 30.4 Å². The number of hydrogen-bond donors (Lipinski definition) is 0. The lowest BCUT2D eigenvalue weighted by atomic mass is 9.93. The van der Waals surface area contributed by atoms with Gasteiger partial charge in [-0.05, 0) is 78.6 Å². The van der Waals surface area contributed by atoms with Crippen LogP contribution >= 0.6 is 23.1 Å². The Morgan fingerprint density at radius 3 is 2.45 bits per heavy atom. The standard InChI is InChI=1S/C34H34N2O4S2/c1-7-40-33(38)29-30(22-11-9-8-10-12-22)35-34-36(31(29)23-13-15-25(41-6)16-14-23)32(37)28(42-34)19-24-18-26(20(2)3)27(39-5)17-21(24)4/h8-20,31H,7H2,1-6H3/b28-19+/t31-/m1/s1. The SMILES string of the molecule is CCOC(=O)C1=C(c2ccccc2)N=c2s/c(=C/c3cc(C(C)C)c(OC)cc3C)c(=O)n2[C@@H]1c1ccc(SC)cc1. The minimum absolute atomic E-state index is 0.201. The normalized spacial score (nSPS) is 15.0. The molecule has 0 spiro atoms. The van der Waals surface area contributed by atoms with Gasteiger partial charge in [-0.3, -0.25) is 9.36 Å². The van der Waals surface area contributed by atoms with Crippen LogP contribution in [0.5, 0.6) is 5.75 Å². The fraction of sp³-hybridized carbons (Fsp3) is 0.265. The number of esters is 1. The summed E-state index contributed by atoms with van der Waals surface area (Å²) in [5.41, 5.74) is 5.29. The van der Waals surface area contributed by atoms with E-state index in [4.69, 9.17) is 14.5 Å². The Labute approximate surface area is 254 Å². The average molecular weight is 599 g/mol. The molecule has 0 saturated carbocycles. The van der Waals surface area contributed by atoms with Gasteiger partial charge in [0.25, 0.3) is 5.56 Å². The van der Waals surface area contributed by atoms with Gasteiger partial charge in [-0.25, -0.2) is 9.79 Å². The number of carbonyl (C=O) groups is 1. The lowest BCUT2D eigenvalue weighted by Gasteiger charge is -2.26. The highest BCUT2D eigenvalue weighted by Crippen LogP contribution is 2.36. The molecule has 5 rings (SSSR count). The molecule has 0 aliphatic carbocycles. The van der Waals surface area contributed by atoms with Gasteiger partial charge in [-0.1, -0.05) is 67.6 Å². The summed E-state index contributed by atoms with van der Waals surface area (Å²) in [6.07, 6.45) is 3.94. The number of fused-ring (bicyclic) bond motifs is 1. The van der Waals surface area contributed by atoms with Gasteiger partial charge in [-0.2, -0.15) is 0 Å². The number of carbonyl (C=O) groups excluding carboxylic acids is 1. The lowest BCUT2D eigenvalue weighted by molar-refractivity contribution is -0.138. The number of thiazole rings is 1. The smallest absolute Gasteiger partial charge is 0.338 e. The number of benzene rings is 3. The van der Waals surface area contributed by atoms with Crippen LogP contribution < -0.4 is 19.6 Å². The predicted molar refractivity (Wildman–Crippen MR) is 171 cm³/mol. The van der Waals surface area contributed by atoms with Crippen LogP contribution in [0.4, 0.5) is 0 Å². The largest absolute Gasteiger partial charge is 0.496 e. The molecule has 6 nitrogen and oxygen atoms in total. The van der Waals surface area contributed by atoms with Crippen molar-refractivity contribution < 1.29 is 14.3 Å². The highest BCUT2D eigenvalue weighted by Gasteiger charge is 2.35. The maximum absolute atomic E-state index is 14.2. The molecule has 0 N–H and O–H groups in total. The van der Waals surface area contributed by atoms with Gasteiger partial charge < -0.3 is 9.47 Å². The van der Waals surface area contributed by atoms with E-state index in [-0.39, 0.29) is 18.1 Å². The number of methoxy groups -OCH3 is 1. The number of rotatable bonds is 8. The van der Waals surface area contributed by atoms with E-state index in [9.17, 15) is 9.59 Å². The maximum atomic E-state index is 14.2. The summed E-state index contributed by atoms with van der Waals surface area (Å²) in [6, 6.07) is 21.0. The molecule has 42 heavy (non-hydrogen) atoms. The highest BCUT2D eigenvalue weighted by molar-refractivity contribution is 7.98. The Kier molecular flexibility index (Phi) is 8.85. The molecule has 4 aromatic rings. The van der Waals surface area contributed by atoms with Crippen LogP contribution in [0.25, 0.3) is 11.8 Å². The summed E-state index contributed by atoms with van der Waals surface area (Å²) in [7, 11) is 1.68. The first kappa shape index (κ1) is 29.6. The fourth-order valence-electron chi connectivity index (χ4n) is 5.18. The van der Waals surface area contributed by atoms with Crippen LogP contribution in [0.1, 0.15) is 60.5 Å². The van der Waals surface area contributed by atoms with Gasteiger partial charge in [0.15, 0.2) is 4.80 Å². The monoisotopic (exact) mass is 598 g/mol. The topological polar surface area (TPSA) is 69.9 Å². The number of ether oxygens (including phenoxy) is 2. The zero-order valence-electron chi connectivity index (χ0n) is 24.6. The minimum Gasteiger partial charge on any atom is -0.496 e. The van der Waals surface area contributed by atoms with Gasteiger partial charge in [0.1, 0.15) is 5.75 Å². The van der Waals surface area contributed by atoms with Crippen molar-refractivity contribution in [3.8, 4) is 5.75 Å². The van der Waals surface area contributed by atoms with E-state index in [0.717, 1.165) is 38.5 Å². The second kappa shape index (κ2) is 12.5. The van der Waals surface area contributed by atoms with E-state index in [1.807, 2.05) is 79.9 Å². The molecule has 0 amide bonds. The van der Waals surface area contributed by atoms with Gasteiger partial charge in [0.2, 0.25) is 0 Å². The van der Waals surface area contributed by atoms with Crippen LogP contribution in [-0.2, 0) is 9.53 Å². The Hall–Kier alpha value is -3.88. The summed E-state index contributed by atoms with van der Waals surface area (Å²) in [4.78, 5) is 34.4. The number of nitrogens with zero attached hydrogens (tertiary/aromatic N) is 2. The Balaban J connectivity index is 1.81. The molecule has 1 atom stereocenters. The van der Waals surface area contributed by atoms with Gasteiger partial charge >= 0.3 is 5.97 Å². The van der Waals surface area contributed by atoms with Crippen molar-refractivity contribution >= 4 is 40.8 Å². The molecule has 0 saturated heterocycles. The van der Waals surface area contributed by atoms with Gasteiger partial charge in [0, 0.05) is 10.5 Å². The minimum atomic E-state index is -0.697. The Morgan fingerprint density at radius 2 is 1.83 bits per heavy atom. The molecule has 0 unspecified atom stereocenters. The molecule has 0 radical (unpaired) electrons. The molecule has 1 aromatic heterocycles. The Morgan fingerprint density at radius 1 is 1.12 bits per heavy atom. The third-order valence-electron chi connectivity index (χ3n) is 7.33. The zero-order chi connectivity index (χ0) is 30.0. The van der Waals surface area contributed by atoms with Crippen LogP contribution in [0.2, 0.25) is 0 Å². The molecular formula is C34H34N2O4S2. The molecule has 1 aliphatic rings.